The van der Waals surface area contributed by atoms with Crippen molar-refractivity contribution in [1.29, 1.82) is 0 Å². The number of esters is 1. The number of para-hydroxylation sites is 1. The van der Waals surface area contributed by atoms with Crippen LogP contribution in [0.2, 0.25) is 0 Å². The number of carbonyl (C=O) groups is 1. The Morgan fingerprint density at radius 2 is 1.86 bits per heavy atom. The lowest BCUT2D eigenvalue weighted by Gasteiger charge is -2.19. The van der Waals surface area contributed by atoms with Gasteiger partial charge in [0.2, 0.25) is 0 Å². The molecule has 2 N–H and O–H groups in total. The molecule has 0 fully saturated rings. The molecule has 0 saturated heterocycles. The summed E-state index contributed by atoms with van der Waals surface area (Å²) in [4.78, 5) is 21.6. The minimum atomic E-state index is -0.563. The van der Waals surface area contributed by atoms with Crippen molar-refractivity contribution in [3.63, 3.8) is 0 Å². The Labute approximate surface area is 202 Å². The molecule has 0 aliphatic carbocycles. The highest BCUT2D eigenvalue weighted by Gasteiger charge is 2.17. The van der Waals surface area contributed by atoms with Crippen LogP contribution >= 0.6 is 0 Å². The lowest BCUT2D eigenvalue weighted by atomic mass is 10.1. The van der Waals surface area contributed by atoms with E-state index in [4.69, 9.17) is 19.4 Å². The number of hydrogen-bond donors (Lipinski definition) is 2. The number of nitrogens with zero attached hydrogens (tertiary/aromatic N) is 3. The summed E-state index contributed by atoms with van der Waals surface area (Å²) in [5, 5.41) is 12.4. The van der Waals surface area contributed by atoms with Crippen molar-refractivity contribution < 1.29 is 14.3 Å². The molecule has 0 atom stereocenters. The zero-order valence-electron chi connectivity index (χ0n) is 19.7. The van der Waals surface area contributed by atoms with Crippen LogP contribution in [0.5, 0.6) is 5.75 Å². The summed E-state index contributed by atoms with van der Waals surface area (Å²) >= 11 is 0. The topological polar surface area (TPSA) is 102 Å². The van der Waals surface area contributed by atoms with Gasteiger partial charge in [-0.25, -0.2) is 14.8 Å². The quantitative estimate of drug-likeness (QED) is 0.312. The highest BCUT2D eigenvalue weighted by molar-refractivity contribution is 5.93. The number of ether oxygens (including phenoxy) is 2. The molecule has 0 bridgehead atoms. The first-order chi connectivity index (χ1) is 16.8. The van der Waals surface area contributed by atoms with Crippen LogP contribution < -0.4 is 10.1 Å². The fourth-order valence-electron chi connectivity index (χ4n) is 3.70. The Hall–Kier alpha value is -4.46. The Bertz CT molecular complexity index is 1520. The minimum Gasteiger partial charge on any atom is -0.482 e. The summed E-state index contributed by atoms with van der Waals surface area (Å²) in [6.45, 7) is 5.28. The summed E-state index contributed by atoms with van der Waals surface area (Å²) < 4.78 is 11.0. The van der Waals surface area contributed by atoms with Crippen molar-refractivity contribution in [2.75, 3.05) is 11.9 Å². The molecule has 3 aromatic carbocycles. The van der Waals surface area contributed by atoms with Crippen molar-refractivity contribution in [3.8, 4) is 17.1 Å². The summed E-state index contributed by atoms with van der Waals surface area (Å²) in [5.74, 6) is 1.34. The molecule has 35 heavy (non-hydrogen) atoms. The predicted molar refractivity (Wildman–Crippen MR) is 136 cm³/mol. The molecule has 2 heterocycles. The van der Waals surface area contributed by atoms with Crippen molar-refractivity contribution in [2.45, 2.75) is 26.4 Å². The van der Waals surface area contributed by atoms with Crippen LogP contribution in [0.25, 0.3) is 33.2 Å². The van der Waals surface area contributed by atoms with E-state index in [1.54, 1.807) is 12.3 Å². The average Bonchev–Trinajstić information content (AvgIpc) is 3.30. The SMILES string of the molecule is CC(C)(C)OC(=O)COc1cccc(-c2nc(Nc3ccc4[nH]ncc4c3)c3ccccc3n2)c1. The van der Waals surface area contributed by atoms with Gasteiger partial charge < -0.3 is 14.8 Å². The number of anilines is 2. The monoisotopic (exact) mass is 467 g/mol. The van der Waals surface area contributed by atoms with Crippen LogP contribution in [-0.2, 0) is 9.53 Å². The Kier molecular flexibility index (Phi) is 5.78. The molecule has 8 nitrogen and oxygen atoms in total. The molecule has 0 aliphatic rings. The van der Waals surface area contributed by atoms with Crippen LogP contribution in [0, 0.1) is 0 Å². The standard InChI is InChI=1S/C27H25N5O3/c1-27(2,3)35-24(33)16-34-20-8-6-7-17(14-20)25-30-23-10-5-4-9-21(23)26(31-25)29-19-11-12-22-18(13-19)15-28-32-22/h4-15H,16H2,1-3H3,(H,28,32)(H,29,30,31). The lowest BCUT2D eigenvalue weighted by molar-refractivity contribution is -0.157. The zero-order valence-corrected chi connectivity index (χ0v) is 19.7. The van der Waals surface area contributed by atoms with Crippen molar-refractivity contribution >= 4 is 39.3 Å². The smallest absolute Gasteiger partial charge is 0.344 e. The van der Waals surface area contributed by atoms with Gasteiger partial charge in [0.15, 0.2) is 12.4 Å². The van der Waals surface area contributed by atoms with Gasteiger partial charge >= 0.3 is 5.97 Å². The molecule has 2 aromatic heterocycles. The molecule has 0 aliphatic heterocycles. The maximum atomic E-state index is 12.0. The maximum Gasteiger partial charge on any atom is 0.344 e. The molecule has 0 unspecified atom stereocenters. The van der Waals surface area contributed by atoms with Gasteiger partial charge in [-0.15, -0.1) is 0 Å². The summed E-state index contributed by atoms with van der Waals surface area (Å²) in [6.07, 6.45) is 1.78. The second-order valence-electron chi connectivity index (χ2n) is 9.11. The third-order valence-electron chi connectivity index (χ3n) is 5.18. The fraction of sp³-hybridized carbons (Fsp3) is 0.185. The molecular weight excluding hydrogens is 442 g/mol. The van der Waals surface area contributed by atoms with E-state index in [-0.39, 0.29) is 6.61 Å². The number of rotatable bonds is 6. The Morgan fingerprint density at radius 3 is 2.71 bits per heavy atom. The summed E-state index contributed by atoms with van der Waals surface area (Å²) in [7, 11) is 0. The molecule has 5 rings (SSSR count). The van der Waals surface area contributed by atoms with Gasteiger partial charge in [-0.1, -0.05) is 24.3 Å². The van der Waals surface area contributed by atoms with Gasteiger partial charge in [0.05, 0.1) is 17.2 Å². The number of aromatic amines is 1. The second kappa shape index (κ2) is 9.06. The number of benzene rings is 3. The van der Waals surface area contributed by atoms with E-state index in [1.165, 1.54) is 0 Å². The van der Waals surface area contributed by atoms with E-state index in [0.29, 0.717) is 17.4 Å². The third kappa shape index (κ3) is 5.22. The molecule has 0 saturated carbocycles. The van der Waals surface area contributed by atoms with Crippen LogP contribution in [0.4, 0.5) is 11.5 Å². The number of H-pyrrole nitrogens is 1. The molecular formula is C27H25N5O3. The largest absolute Gasteiger partial charge is 0.482 e. The average molecular weight is 468 g/mol. The van der Waals surface area contributed by atoms with E-state index < -0.39 is 11.6 Å². The Morgan fingerprint density at radius 1 is 1.00 bits per heavy atom. The van der Waals surface area contributed by atoms with Gasteiger partial charge in [0, 0.05) is 22.0 Å². The molecule has 0 spiro atoms. The van der Waals surface area contributed by atoms with Crippen LogP contribution in [0.15, 0.2) is 72.9 Å². The number of fused-ring (bicyclic) bond motifs is 2. The van der Waals surface area contributed by atoms with E-state index in [0.717, 1.165) is 33.1 Å². The Balaban J connectivity index is 1.44. The van der Waals surface area contributed by atoms with E-state index in [1.807, 2.05) is 81.4 Å². The van der Waals surface area contributed by atoms with E-state index in [9.17, 15) is 4.79 Å². The van der Waals surface area contributed by atoms with Gasteiger partial charge in [-0.3, -0.25) is 5.10 Å². The lowest BCUT2D eigenvalue weighted by Crippen LogP contribution is -2.27. The van der Waals surface area contributed by atoms with Crippen molar-refractivity contribution in [2.24, 2.45) is 0 Å². The predicted octanol–water partition coefficient (Wildman–Crippen LogP) is 5.64. The highest BCUT2D eigenvalue weighted by Crippen LogP contribution is 2.29. The fourth-order valence-corrected chi connectivity index (χ4v) is 3.70. The van der Waals surface area contributed by atoms with Crippen LogP contribution in [-0.4, -0.2) is 38.3 Å². The maximum absolute atomic E-state index is 12.0. The molecule has 176 valence electrons. The van der Waals surface area contributed by atoms with E-state index >= 15 is 0 Å². The van der Waals surface area contributed by atoms with Gasteiger partial charge in [-0.05, 0) is 63.2 Å². The van der Waals surface area contributed by atoms with Gasteiger partial charge in [0.25, 0.3) is 0 Å². The summed E-state index contributed by atoms with van der Waals surface area (Å²) in [5.41, 5.74) is 2.87. The molecule has 0 amide bonds. The normalized spacial score (nSPS) is 11.5. The minimum absolute atomic E-state index is 0.178. The molecule has 0 radical (unpaired) electrons. The third-order valence-corrected chi connectivity index (χ3v) is 5.18. The second-order valence-corrected chi connectivity index (χ2v) is 9.11. The van der Waals surface area contributed by atoms with Gasteiger partial charge in [-0.2, -0.15) is 5.10 Å². The summed E-state index contributed by atoms with van der Waals surface area (Å²) in [6, 6.07) is 21.2. The number of hydrogen-bond acceptors (Lipinski definition) is 7. The van der Waals surface area contributed by atoms with Crippen LogP contribution in [0.3, 0.4) is 0 Å². The number of nitrogens with one attached hydrogen (secondary N) is 2. The van der Waals surface area contributed by atoms with Crippen molar-refractivity contribution in [1.82, 2.24) is 20.2 Å². The first-order valence-electron chi connectivity index (χ1n) is 11.3. The number of aromatic nitrogens is 4. The van der Waals surface area contributed by atoms with Gasteiger partial charge in [0.1, 0.15) is 17.2 Å². The van der Waals surface area contributed by atoms with E-state index in [2.05, 4.69) is 15.5 Å². The zero-order chi connectivity index (χ0) is 24.4. The molecule has 8 heteroatoms. The van der Waals surface area contributed by atoms with Crippen molar-refractivity contribution in [3.05, 3.63) is 72.9 Å². The number of carbonyl (C=O) groups excluding carboxylic acids is 1. The highest BCUT2D eigenvalue weighted by atomic mass is 16.6. The molecule has 5 aromatic rings. The first kappa shape index (κ1) is 22.3. The first-order valence-corrected chi connectivity index (χ1v) is 11.3. The van der Waals surface area contributed by atoms with Crippen LogP contribution in [0.1, 0.15) is 20.8 Å².